The maximum absolute atomic E-state index is 10.1. The van der Waals surface area contributed by atoms with Crippen molar-refractivity contribution in [3.8, 4) is 22.9 Å². The van der Waals surface area contributed by atoms with Crippen molar-refractivity contribution in [2.24, 2.45) is 5.92 Å². The summed E-state index contributed by atoms with van der Waals surface area (Å²) < 4.78 is 6.09. The molecule has 0 spiro atoms. The molecule has 0 N–H and O–H groups in total. The smallest absolute Gasteiger partial charge is 0.119 e. The molecule has 3 aromatic carbocycles. The SMILES string of the molecule is CC(C)C(C#N)(CCCN1CCN(CCOc2cccc(-c3ccccc3)c2)CC1)c1ccccc1. The Labute approximate surface area is 217 Å². The van der Waals surface area contributed by atoms with Crippen LogP contribution in [0.4, 0.5) is 0 Å². The van der Waals surface area contributed by atoms with Crippen molar-refractivity contribution in [3.05, 3.63) is 90.5 Å². The first-order valence-corrected chi connectivity index (χ1v) is 13.3. The Morgan fingerprint density at radius 2 is 1.42 bits per heavy atom. The second-order valence-electron chi connectivity index (χ2n) is 10.1. The fourth-order valence-electron chi connectivity index (χ4n) is 5.26. The minimum absolute atomic E-state index is 0.287. The summed E-state index contributed by atoms with van der Waals surface area (Å²) in [6.07, 6.45) is 1.95. The van der Waals surface area contributed by atoms with Gasteiger partial charge in [-0.15, -0.1) is 0 Å². The van der Waals surface area contributed by atoms with Crippen molar-refractivity contribution >= 4 is 0 Å². The Morgan fingerprint density at radius 1 is 0.806 bits per heavy atom. The summed E-state index contributed by atoms with van der Waals surface area (Å²) >= 11 is 0. The largest absolute Gasteiger partial charge is 0.492 e. The average molecular weight is 482 g/mol. The third-order valence-corrected chi connectivity index (χ3v) is 7.60. The van der Waals surface area contributed by atoms with E-state index in [1.54, 1.807) is 0 Å². The molecule has 1 heterocycles. The zero-order valence-electron chi connectivity index (χ0n) is 21.8. The van der Waals surface area contributed by atoms with Gasteiger partial charge < -0.3 is 9.64 Å². The van der Waals surface area contributed by atoms with E-state index in [2.05, 4.69) is 84.3 Å². The van der Waals surface area contributed by atoms with Crippen molar-refractivity contribution in [1.82, 2.24) is 9.80 Å². The normalized spacial score (nSPS) is 16.4. The van der Waals surface area contributed by atoms with E-state index in [1.165, 1.54) is 11.1 Å². The number of hydrogen-bond acceptors (Lipinski definition) is 4. The van der Waals surface area contributed by atoms with Crippen molar-refractivity contribution in [1.29, 1.82) is 5.26 Å². The molecule has 1 aliphatic rings. The lowest BCUT2D eigenvalue weighted by molar-refractivity contribution is 0.114. The summed E-state index contributed by atoms with van der Waals surface area (Å²) in [5.74, 6) is 1.22. The molecular weight excluding hydrogens is 442 g/mol. The minimum Gasteiger partial charge on any atom is -0.492 e. The number of ether oxygens (including phenoxy) is 1. The van der Waals surface area contributed by atoms with Crippen LogP contribution < -0.4 is 4.74 Å². The first kappa shape index (κ1) is 25.9. The zero-order chi connectivity index (χ0) is 25.2. The molecule has 188 valence electrons. The predicted octanol–water partition coefficient (Wildman–Crippen LogP) is 6.25. The highest BCUT2D eigenvalue weighted by molar-refractivity contribution is 5.64. The van der Waals surface area contributed by atoms with E-state index in [9.17, 15) is 5.26 Å². The van der Waals surface area contributed by atoms with Crippen LogP contribution in [0.1, 0.15) is 32.3 Å². The monoisotopic (exact) mass is 481 g/mol. The molecule has 1 saturated heterocycles. The Bertz CT molecular complexity index is 1100. The van der Waals surface area contributed by atoms with Crippen LogP contribution in [0.3, 0.4) is 0 Å². The van der Waals surface area contributed by atoms with Crippen LogP contribution in [0.15, 0.2) is 84.9 Å². The molecule has 3 aromatic rings. The lowest BCUT2D eigenvalue weighted by Crippen LogP contribution is -2.47. The summed E-state index contributed by atoms with van der Waals surface area (Å²) in [4.78, 5) is 5.04. The highest BCUT2D eigenvalue weighted by Gasteiger charge is 2.35. The van der Waals surface area contributed by atoms with Gasteiger partial charge in [-0.3, -0.25) is 4.90 Å². The summed E-state index contributed by atoms with van der Waals surface area (Å²) in [6, 6.07) is 31.8. The molecule has 4 rings (SSSR count). The highest BCUT2D eigenvalue weighted by atomic mass is 16.5. The van der Waals surface area contributed by atoms with E-state index < -0.39 is 5.41 Å². The lowest BCUT2D eigenvalue weighted by atomic mass is 9.70. The molecule has 4 heteroatoms. The van der Waals surface area contributed by atoms with Crippen molar-refractivity contribution in [2.45, 2.75) is 32.1 Å². The molecule has 4 nitrogen and oxygen atoms in total. The molecular formula is C32H39N3O. The van der Waals surface area contributed by atoms with Gasteiger partial charge in [-0.1, -0.05) is 86.6 Å². The van der Waals surface area contributed by atoms with Gasteiger partial charge in [0, 0.05) is 32.7 Å². The van der Waals surface area contributed by atoms with E-state index in [0.29, 0.717) is 6.61 Å². The summed E-state index contributed by atoms with van der Waals surface area (Å²) in [7, 11) is 0. The second kappa shape index (κ2) is 12.7. The number of benzene rings is 3. The number of hydrogen-bond donors (Lipinski definition) is 0. The molecule has 1 atom stereocenters. The Morgan fingerprint density at radius 3 is 2.06 bits per heavy atom. The van der Waals surface area contributed by atoms with Gasteiger partial charge in [0.25, 0.3) is 0 Å². The quantitative estimate of drug-likeness (QED) is 0.325. The zero-order valence-corrected chi connectivity index (χ0v) is 21.8. The van der Waals surface area contributed by atoms with Crippen molar-refractivity contribution in [3.63, 3.8) is 0 Å². The first-order valence-electron chi connectivity index (χ1n) is 13.3. The van der Waals surface area contributed by atoms with Gasteiger partial charge in [-0.2, -0.15) is 5.26 Å². The predicted molar refractivity (Wildman–Crippen MR) is 148 cm³/mol. The Hall–Kier alpha value is -3.13. The molecule has 0 saturated carbocycles. The minimum atomic E-state index is -0.405. The number of nitrogens with zero attached hydrogens (tertiary/aromatic N) is 3. The fraction of sp³-hybridized carbons (Fsp3) is 0.406. The molecule has 0 bridgehead atoms. The van der Waals surface area contributed by atoms with Crippen LogP contribution in [-0.4, -0.2) is 55.7 Å². The van der Waals surface area contributed by atoms with Crippen LogP contribution >= 0.6 is 0 Å². The second-order valence-corrected chi connectivity index (χ2v) is 10.1. The summed E-state index contributed by atoms with van der Waals surface area (Å²) in [5.41, 5.74) is 3.15. The molecule has 0 aromatic heterocycles. The molecule has 1 fully saturated rings. The van der Waals surface area contributed by atoms with Gasteiger partial charge in [0.15, 0.2) is 0 Å². The number of piperazine rings is 1. The molecule has 36 heavy (non-hydrogen) atoms. The van der Waals surface area contributed by atoms with E-state index >= 15 is 0 Å². The van der Waals surface area contributed by atoms with Gasteiger partial charge in [-0.05, 0) is 54.1 Å². The summed E-state index contributed by atoms with van der Waals surface area (Å²) in [6.45, 7) is 11.4. The van der Waals surface area contributed by atoms with Gasteiger partial charge >= 0.3 is 0 Å². The van der Waals surface area contributed by atoms with Crippen molar-refractivity contribution < 1.29 is 4.74 Å². The van der Waals surface area contributed by atoms with Crippen LogP contribution in [-0.2, 0) is 5.41 Å². The molecule has 0 aliphatic carbocycles. The third-order valence-electron chi connectivity index (χ3n) is 7.60. The maximum atomic E-state index is 10.1. The van der Waals surface area contributed by atoms with Gasteiger partial charge in [0.05, 0.1) is 11.5 Å². The summed E-state index contributed by atoms with van der Waals surface area (Å²) in [5, 5.41) is 10.1. The average Bonchev–Trinajstić information content (AvgIpc) is 2.93. The van der Waals surface area contributed by atoms with Crippen LogP contribution in [0.25, 0.3) is 11.1 Å². The van der Waals surface area contributed by atoms with Crippen LogP contribution in [0.2, 0.25) is 0 Å². The maximum Gasteiger partial charge on any atom is 0.119 e. The molecule has 1 aliphatic heterocycles. The van der Waals surface area contributed by atoms with Gasteiger partial charge in [0.1, 0.15) is 12.4 Å². The lowest BCUT2D eigenvalue weighted by Gasteiger charge is -2.36. The van der Waals surface area contributed by atoms with E-state index in [4.69, 9.17) is 4.74 Å². The van der Waals surface area contributed by atoms with E-state index in [-0.39, 0.29) is 5.92 Å². The van der Waals surface area contributed by atoms with Crippen LogP contribution in [0, 0.1) is 17.2 Å². The highest BCUT2D eigenvalue weighted by Crippen LogP contribution is 2.36. The van der Waals surface area contributed by atoms with Crippen molar-refractivity contribution in [2.75, 3.05) is 45.9 Å². The Kier molecular flexibility index (Phi) is 9.17. The molecule has 0 radical (unpaired) electrons. The first-order chi connectivity index (χ1) is 17.6. The number of nitriles is 1. The topological polar surface area (TPSA) is 39.5 Å². The van der Waals surface area contributed by atoms with Gasteiger partial charge in [-0.25, -0.2) is 0 Å². The molecule has 1 unspecified atom stereocenters. The van der Waals surface area contributed by atoms with E-state index in [0.717, 1.165) is 63.4 Å². The van der Waals surface area contributed by atoms with Gasteiger partial charge in [0.2, 0.25) is 0 Å². The third kappa shape index (κ3) is 6.55. The number of rotatable bonds is 11. The van der Waals surface area contributed by atoms with Crippen LogP contribution in [0.5, 0.6) is 5.75 Å². The van der Waals surface area contributed by atoms with E-state index in [1.807, 2.05) is 30.3 Å². The molecule has 0 amide bonds. The standard InChI is InChI=1S/C32H39N3O/c1-27(2)32(26-33,30-14-7-4-8-15-30)17-10-18-34-19-21-35(22-20-34)23-24-36-31-16-9-13-29(25-31)28-11-5-3-6-12-28/h3-9,11-16,25,27H,10,17-24H2,1-2H3. The Balaban J connectivity index is 1.19. The fourth-order valence-corrected chi connectivity index (χ4v) is 5.26.